The Morgan fingerprint density at radius 1 is 0.761 bits per heavy atom. The van der Waals surface area contributed by atoms with Gasteiger partial charge in [0.2, 0.25) is 0 Å². The van der Waals surface area contributed by atoms with Crippen molar-refractivity contribution in [2.75, 3.05) is 5.32 Å². The average Bonchev–Trinajstić information content (AvgIpc) is 3.39. The van der Waals surface area contributed by atoms with Crippen LogP contribution in [0.2, 0.25) is 5.02 Å². The minimum absolute atomic E-state index is 0.157. The van der Waals surface area contributed by atoms with Crippen LogP contribution in [0.3, 0.4) is 0 Å². The lowest BCUT2D eigenvalue weighted by Gasteiger charge is -2.47. The molecule has 1 fully saturated rings. The second kappa shape index (κ2) is 12.6. The standard InChI is InChI=1S/C40H36ClNO4/c41-31-12-8-13-32(25-31)42-40(38(43)44)21-19-39(20-22-40)36(29-11-7-16-35(23-29)46-33-14-5-2-6-15-33)24-30-17-18-34(26-37(30)39)45-27-28-9-3-1-4-10-28/h1-18,23,25-26,36,42H,19-22,24,27H2,(H,43,44). The van der Waals surface area contributed by atoms with Crippen molar-refractivity contribution in [2.24, 2.45) is 0 Å². The number of carboxylic acids is 1. The van der Waals surface area contributed by atoms with Crippen molar-refractivity contribution in [3.8, 4) is 17.2 Å². The summed E-state index contributed by atoms with van der Waals surface area (Å²) in [6, 6.07) is 42.2. The summed E-state index contributed by atoms with van der Waals surface area (Å²) in [4.78, 5) is 12.9. The fourth-order valence-electron chi connectivity index (χ4n) is 7.46. The van der Waals surface area contributed by atoms with Gasteiger partial charge in [-0.15, -0.1) is 0 Å². The summed E-state index contributed by atoms with van der Waals surface area (Å²) >= 11 is 6.26. The van der Waals surface area contributed by atoms with E-state index in [0.29, 0.717) is 37.3 Å². The third-order valence-electron chi connectivity index (χ3n) is 9.81. The molecule has 5 aromatic carbocycles. The maximum atomic E-state index is 12.9. The Morgan fingerprint density at radius 2 is 1.48 bits per heavy atom. The van der Waals surface area contributed by atoms with Gasteiger partial charge in [0.25, 0.3) is 0 Å². The van der Waals surface area contributed by atoms with Crippen LogP contribution in [0.15, 0.2) is 127 Å². The number of hydrogen-bond donors (Lipinski definition) is 2. The molecule has 1 unspecified atom stereocenters. The molecular formula is C40H36ClNO4. The fourth-order valence-corrected chi connectivity index (χ4v) is 7.65. The molecule has 6 heteroatoms. The second-order valence-corrected chi connectivity index (χ2v) is 13.0. The zero-order valence-electron chi connectivity index (χ0n) is 25.5. The molecule has 1 spiro atoms. The van der Waals surface area contributed by atoms with Crippen molar-refractivity contribution in [3.05, 3.63) is 155 Å². The molecule has 0 radical (unpaired) electrons. The molecule has 0 heterocycles. The highest BCUT2D eigenvalue weighted by Crippen LogP contribution is 2.58. The molecular weight excluding hydrogens is 594 g/mol. The third kappa shape index (κ3) is 5.95. The zero-order valence-corrected chi connectivity index (χ0v) is 26.3. The second-order valence-electron chi connectivity index (χ2n) is 12.5. The zero-order chi connectivity index (χ0) is 31.6. The summed E-state index contributed by atoms with van der Waals surface area (Å²) in [5.41, 5.74) is 4.22. The van der Waals surface area contributed by atoms with E-state index in [1.807, 2.05) is 66.7 Å². The summed E-state index contributed by atoms with van der Waals surface area (Å²) < 4.78 is 12.6. The molecule has 0 bridgehead atoms. The monoisotopic (exact) mass is 629 g/mol. The SMILES string of the molecule is O=C(O)C1(Nc2cccc(Cl)c2)CCC2(CC1)c1cc(OCc3ccccc3)ccc1CC2c1cccc(Oc2ccccc2)c1. The summed E-state index contributed by atoms with van der Waals surface area (Å²) in [5, 5.41) is 14.5. The van der Waals surface area contributed by atoms with E-state index in [1.54, 1.807) is 12.1 Å². The van der Waals surface area contributed by atoms with Gasteiger partial charge in [0, 0.05) is 16.1 Å². The first-order valence-corrected chi connectivity index (χ1v) is 16.2. The van der Waals surface area contributed by atoms with Crippen molar-refractivity contribution in [3.63, 3.8) is 0 Å². The molecule has 2 N–H and O–H groups in total. The highest BCUT2D eigenvalue weighted by Gasteiger charge is 2.54. The number of nitrogens with one attached hydrogen (secondary N) is 1. The number of halogens is 1. The lowest BCUT2D eigenvalue weighted by atomic mass is 9.59. The predicted molar refractivity (Wildman–Crippen MR) is 182 cm³/mol. The van der Waals surface area contributed by atoms with Crippen LogP contribution in [0.25, 0.3) is 0 Å². The molecule has 1 atom stereocenters. The Hall–Kier alpha value is -4.74. The number of hydrogen-bond acceptors (Lipinski definition) is 4. The van der Waals surface area contributed by atoms with Crippen LogP contribution < -0.4 is 14.8 Å². The maximum Gasteiger partial charge on any atom is 0.329 e. The van der Waals surface area contributed by atoms with Crippen LogP contribution in [0.1, 0.15) is 53.9 Å². The number of ether oxygens (including phenoxy) is 2. The molecule has 0 amide bonds. The first-order valence-electron chi connectivity index (χ1n) is 15.8. The summed E-state index contributed by atoms with van der Waals surface area (Å²) in [6.45, 7) is 0.487. The van der Waals surface area contributed by atoms with E-state index < -0.39 is 11.5 Å². The molecule has 0 aromatic heterocycles. The van der Waals surface area contributed by atoms with Crippen molar-refractivity contribution in [1.82, 2.24) is 0 Å². The minimum atomic E-state index is -1.09. The first kappa shape index (κ1) is 29.9. The molecule has 2 aliphatic carbocycles. The Balaban J connectivity index is 1.23. The van der Waals surface area contributed by atoms with Crippen LogP contribution in [0.4, 0.5) is 5.69 Å². The fraction of sp³-hybridized carbons (Fsp3) is 0.225. The number of benzene rings is 5. The van der Waals surface area contributed by atoms with Crippen LogP contribution in [0, 0.1) is 0 Å². The van der Waals surface area contributed by atoms with Gasteiger partial charge < -0.3 is 19.9 Å². The number of aliphatic carboxylic acids is 1. The lowest BCUT2D eigenvalue weighted by molar-refractivity contribution is -0.144. The van der Waals surface area contributed by atoms with Crippen molar-refractivity contribution < 1.29 is 19.4 Å². The van der Waals surface area contributed by atoms with Crippen LogP contribution in [0.5, 0.6) is 17.2 Å². The van der Waals surface area contributed by atoms with Gasteiger partial charge in [-0.05, 0) is 115 Å². The smallest absolute Gasteiger partial charge is 0.329 e. The molecule has 232 valence electrons. The maximum absolute atomic E-state index is 12.9. The Kier molecular flexibility index (Phi) is 8.18. The largest absolute Gasteiger partial charge is 0.489 e. The van der Waals surface area contributed by atoms with E-state index >= 15 is 0 Å². The van der Waals surface area contributed by atoms with E-state index in [0.717, 1.165) is 34.9 Å². The number of rotatable bonds is 9. The summed E-state index contributed by atoms with van der Waals surface area (Å²) in [7, 11) is 0. The van der Waals surface area contributed by atoms with Gasteiger partial charge in [-0.25, -0.2) is 4.79 Å². The van der Waals surface area contributed by atoms with Gasteiger partial charge in [0.15, 0.2) is 0 Å². The number of carbonyl (C=O) groups is 1. The van der Waals surface area contributed by atoms with Crippen LogP contribution in [-0.4, -0.2) is 16.6 Å². The van der Waals surface area contributed by atoms with E-state index in [2.05, 4.69) is 53.8 Å². The van der Waals surface area contributed by atoms with Gasteiger partial charge in [0.1, 0.15) is 29.4 Å². The number of anilines is 1. The predicted octanol–water partition coefficient (Wildman–Crippen LogP) is 9.80. The van der Waals surface area contributed by atoms with E-state index in [4.69, 9.17) is 21.1 Å². The van der Waals surface area contributed by atoms with Crippen molar-refractivity contribution in [1.29, 1.82) is 0 Å². The van der Waals surface area contributed by atoms with Gasteiger partial charge in [-0.2, -0.15) is 0 Å². The quantitative estimate of drug-likeness (QED) is 0.170. The summed E-state index contributed by atoms with van der Waals surface area (Å²) in [6.07, 6.45) is 3.22. The van der Waals surface area contributed by atoms with Crippen LogP contribution >= 0.6 is 11.6 Å². The summed E-state index contributed by atoms with van der Waals surface area (Å²) in [5.74, 6) is 1.73. The van der Waals surface area contributed by atoms with Gasteiger partial charge in [-0.3, -0.25) is 0 Å². The number of para-hydroxylation sites is 1. The highest BCUT2D eigenvalue weighted by atomic mass is 35.5. The molecule has 2 aliphatic rings. The topological polar surface area (TPSA) is 67.8 Å². The van der Waals surface area contributed by atoms with Crippen molar-refractivity contribution in [2.45, 2.75) is 55.6 Å². The van der Waals surface area contributed by atoms with Crippen molar-refractivity contribution >= 4 is 23.3 Å². The molecule has 46 heavy (non-hydrogen) atoms. The minimum Gasteiger partial charge on any atom is -0.489 e. The van der Waals surface area contributed by atoms with Crippen LogP contribution in [-0.2, 0) is 23.2 Å². The van der Waals surface area contributed by atoms with E-state index in [9.17, 15) is 9.90 Å². The molecule has 5 aromatic rings. The molecule has 0 saturated heterocycles. The Morgan fingerprint density at radius 3 is 2.22 bits per heavy atom. The molecule has 0 aliphatic heterocycles. The molecule has 5 nitrogen and oxygen atoms in total. The highest BCUT2D eigenvalue weighted by molar-refractivity contribution is 6.30. The third-order valence-corrected chi connectivity index (χ3v) is 10.0. The van der Waals surface area contributed by atoms with E-state index in [1.165, 1.54) is 16.7 Å². The van der Waals surface area contributed by atoms with E-state index in [-0.39, 0.29) is 11.3 Å². The first-order chi connectivity index (χ1) is 22.4. The van der Waals surface area contributed by atoms with Gasteiger partial charge >= 0.3 is 5.97 Å². The number of carboxylic acid groups (broad SMARTS) is 1. The number of fused-ring (bicyclic) bond motifs is 2. The van der Waals surface area contributed by atoms with Gasteiger partial charge in [0.05, 0.1) is 0 Å². The lowest BCUT2D eigenvalue weighted by Crippen LogP contribution is -2.52. The Bertz CT molecular complexity index is 1830. The normalized spacial score (nSPS) is 21.8. The molecule has 7 rings (SSSR count). The van der Waals surface area contributed by atoms with Gasteiger partial charge in [-0.1, -0.05) is 84.4 Å². The average molecular weight is 630 g/mol. The molecule has 1 saturated carbocycles. The Labute approximate surface area is 274 Å².